The summed E-state index contributed by atoms with van der Waals surface area (Å²) in [4.78, 5) is 10.9. The molecule has 1 heterocycles. The van der Waals surface area contributed by atoms with Crippen LogP contribution in [0.25, 0.3) is 10.9 Å². The lowest BCUT2D eigenvalue weighted by molar-refractivity contribution is -0.146. The number of hydrogen-bond donors (Lipinski definition) is 2. The van der Waals surface area contributed by atoms with Gasteiger partial charge in [-0.1, -0.05) is 12.1 Å². The third-order valence-electron chi connectivity index (χ3n) is 3.17. The van der Waals surface area contributed by atoms with Gasteiger partial charge < -0.3 is 14.8 Å². The summed E-state index contributed by atoms with van der Waals surface area (Å²) in [6.07, 6.45) is -1.64. The van der Waals surface area contributed by atoms with Gasteiger partial charge >= 0.3 is 5.97 Å². The van der Waals surface area contributed by atoms with Gasteiger partial charge in [0.2, 0.25) is 0 Å². The van der Waals surface area contributed by atoms with Gasteiger partial charge in [0.05, 0.1) is 5.52 Å². The number of benzene rings is 1. The van der Waals surface area contributed by atoms with Crippen molar-refractivity contribution in [1.29, 1.82) is 0 Å². The first kappa shape index (κ1) is 12.6. The van der Waals surface area contributed by atoms with Crippen molar-refractivity contribution < 1.29 is 19.4 Å². The molecule has 0 bridgehead atoms. The molecule has 0 spiro atoms. The maximum absolute atomic E-state index is 13.8. The number of nitrogens with zero attached hydrogens (tertiary/aromatic N) is 1. The number of halogens is 1. The van der Waals surface area contributed by atoms with Gasteiger partial charge in [-0.3, -0.25) is 0 Å². The molecule has 0 saturated heterocycles. The fourth-order valence-corrected chi connectivity index (χ4v) is 2.38. The SMILES string of the molecule is CCn1c(C)c(C(O)C(=O)O)c2cccc(F)c21. The Morgan fingerprint density at radius 3 is 2.72 bits per heavy atom. The van der Waals surface area contributed by atoms with E-state index < -0.39 is 17.9 Å². The molecular weight excluding hydrogens is 237 g/mol. The van der Waals surface area contributed by atoms with Gasteiger partial charge in [0.25, 0.3) is 0 Å². The highest BCUT2D eigenvalue weighted by Gasteiger charge is 2.25. The number of carboxylic acid groups (broad SMARTS) is 1. The van der Waals surface area contributed by atoms with Gasteiger partial charge in [0.1, 0.15) is 5.82 Å². The van der Waals surface area contributed by atoms with Gasteiger partial charge in [0.15, 0.2) is 6.10 Å². The Morgan fingerprint density at radius 1 is 1.50 bits per heavy atom. The second kappa shape index (κ2) is 4.42. The van der Waals surface area contributed by atoms with E-state index in [1.165, 1.54) is 12.1 Å². The summed E-state index contributed by atoms with van der Waals surface area (Å²) in [5, 5.41) is 19.1. The van der Waals surface area contributed by atoms with Crippen molar-refractivity contribution in [2.45, 2.75) is 26.5 Å². The minimum atomic E-state index is -1.64. The number of carbonyl (C=O) groups is 1. The van der Waals surface area contributed by atoms with Crippen LogP contribution in [-0.2, 0) is 11.3 Å². The minimum absolute atomic E-state index is 0.263. The number of aliphatic hydroxyl groups excluding tert-OH is 1. The quantitative estimate of drug-likeness (QED) is 0.879. The maximum Gasteiger partial charge on any atom is 0.337 e. The van der Waals surface area contributed by atoms with Gasteiger partial charge in [0, 0.05) is 23.2 Å². The van der Waals surface area contributed by atoms with Crippen molar-refractivity contribution in [3.63, 3.8) is 0 Å². The number of aromatic nitrogens is 1. The van der Waals surface area contributed by atoms with Crippen LogP contribution in [0.15, 0.2) is 18.2 Å². The molecule has 2 aromatic rings. The molecule has 1 aromatic heterocycles. The van der Waals surface area contributed by atoms with Crippen molar-refractivity contribution >= 4 is 16.9 Å². The van der Waals surface area contributed by atoms with Crippen molar-refractivity contribution in [3.05, 3.63) is 35.3 Å². The first-order chi connectivity index (χ1) is 8.49. The Bertz CT molecular complexity index is 618. The van der Waals surface area contributed by atoms with Gasteiger partial charge in [-0.25, -0.2) is 9.18 Å². The van der Waals surface area contributed by atoms with E-state index in [0.717, 1.165) is 0 Å². The van der Waals surface area contributed by atoms with E-state index in [1.807, 2.05) is 6.92 Å². The molecule has 0 saturated carbocycles. The first-order valence-electron chi connectivity index (χ1n) is 5.67. The zero-order chi connectivity index (χ0) is 13.4. The van der Waals surface area contributed by atoms with Crippen LogP contribution in [0, 0.1) is 12.7 Å². The molecule has 0 radical (unpaired) electrons. The summed E-state index contributed by atoms with van der Waals surface area (Å²) in [5.74, 6) is -1.75. The smallest absolute Gasteiger partial charge is 0.337 e. The van der Waals surface area contributed by atoms with Crippen molar-refractivity contribution in [2.75, 3.05) is 0 Å². The van der Waals surface area contributed by atoms with E-state index in [9.17, 15) is 14.3 Å². The summed E-state index contributed by atoms with van der Waals surface area (Å²) in [7, 11) is 0. The van der Waals surface area contributed by atoms with Crippen molar-refractivity contribution in [3.8, 4) is 0 Å². The number of aryl methyl sites for hydroxylation is 1. The molecule has 4 nitrogen and oxygen atoms in total. The molecule has 18 heavy (non-hydrogen) atoms. The third kappa shape index (κ3) is 1.67. The van der Waals surface area contributed by atoms with E-state index >= 15 is 0 Å². The number of aliphatic hydroxyl groups is 1. The number of para-hydroxylation sites is 1. The van der Waals surface area contributed by atoms with E-state index in [1.54, 1.807) is 17.6 Å². The molecule has 1 aromatic carbocycles. The fraction of sp³-hybridized carbons (Fsp3) is 0.308. The van der Waals surface area contributed by atoms with Gasteiger partial charge in [-0.2, -0.15) is 0 Å². The number of aliphatic carboxylic acids is 1. The predicted octanol–water partition coefficient (Wildman–Crippen LogP) is 2.23. The molecule has 0 aliphatic carbocycles. The summed E-state index contributed by atoms with van der Waals surface area (Å²) in [6.45, 7) is 4.04. The molecule has 1 unspecified atom stereocenters. The van der Waals surface area contributed by atoms with Crippen LogP contribution < -0.4 is 0 Å². The van der Waals surface area contributed by atoms with E-state index in [2.05, 4.69) is 0 Å². The summed E-state index contributed by atoms with van der Waals surface area (Å²) < 4.78 is 15.5. The Morgan fingerprint density at radius 2 is 2.17 bits per heavy atom. The van der Waals surface area contributed by atoms with Crippen LogP contribution in [0.4, 0.5) is 4.39 Å². The van der Waals surface area contributed by atoms with Gasteiger partial charge in [-0.05, 0) is 19.9 Å². The standard InChI is InChI=1S/C13H14FNO3/c1-3-15-7(2)10(12(16)13(17)18)8-5-4-6-9(14)11(8)15/h4-6,12,16H,3H2,1-2H3,(H,17,18). The predicted molar refractivity (Wildman–Crippen MR) is 64.9 cm³/mol. The molecular formula is C13H14FNO3. The maximum atomic E-state index is 13.8. The lowest BCUT2D eigenvalue weighted by Gasteiger charge is -2.07. The highest BCUT2D eigenvalue weighted by molar-refractivity contribution is 5.90. The van der Waals surface area contributed by atoms with Crippen LogP contribution in [0.5, 0.6) is 0 Å². The summed E-state index contributed by atoms with van der Waals surface area (Å²) in [6, 6.07) is 4.46. The van der Waals surface area contributed by atoms with Crippen molar-refractivity contribution in [1.82, 2.24) is 4.57 Å². The molecule has 1 atom stereocenters. The Kier molecular flexibility index (Phi) is 3.09. The van der Waals surface area contributed by atoms with E-state index in [4.69, 9.17) is 5.11 Å². The minimum Gasteiger partial charge on any atom is -0.479 e. The number of rotatable bonds is 3. The van der Waals surface area contributed by atoms with Gasteiger partial charge in [-0.15, -0.1) is 0 Å². The highest BCUT2D eigenvalue weighted by Crippen LogP contribution is 2.32. The third-order valence-corrected chi connectivity index (χ3v) is 3.17. The lowest BCUT2D eigenvalue weighted by atomic mass is 10.1. The Labute approximate surface area is 103 Å². The lowest BCUT2D eigenvalue weighted by Crippen LogP contribution is -2.11. The topological polar surface area (TPSA) is 62.5 Å². The number of fused-ring (bicyclic) bond motifs is 1. The first-order valence-corrected chi connectivity index (χ1v) is 5.67. The molecule has 0 aliphatic heterocycles. The van der Waals surface area contributed by atoms with Crippen LogP contribution in [0.3, 0.4) is 0 Å². The molecule has 0 amide bonds. The largest absolute Gasteiger partial charge is 0.479 e. The number of carboxylic acids is 1. The normalized spacial score (nSPS) is 12.9. The zero-order valence-electron chi connectivity index (χ0n) is 10.1. The average Bonchev–Trinajstić information content (AvgIpc) is 2.61. The average molecular weight is 251 g/mol. The second-order valence-corrected chi connectivity index (χ2v) is 4.12. The molecule has 2 N–H and O–H groups in total. The molecule has 0 fully saturated rings. The fourth-order valence-electron chi connectivity index (χ4n) is 2.38. The van der Waals surface area contributed by atoms with E-state index in [-0.39, 0.29) is 5.56 Å². The van der Waals surface area contributed by atoms with Crippen LogP contribution in [0.1, 0.15) is 24.3 Å². The van der Waals surface area contributed by atoms with Crippen LogP contribution >= 0.6 is 0 Å². The molecule has 96 valence electrons. The molecule has 0 aliphatic rings. The van der Waals surface area contributed by atoms with E-state index in [0.29, 0.717) is 23.1 Å². The summed E-state index contributed by atoms with van der Waals surface area (Å²) >= 11 is 0. The van der Waals surface area contributed by atoms with Crippen LogP contribution in [-0.4, -0.2) is 20.7 Å². The Balaban J connectivity index is 2.86. The van der Waals surface area contributed by atoms with Crippen LogP contribution in [0.2, 0.25) is 0 Å². The molecule has 5 heteroatoms. The monoisotopic (exact) mass is 251 g/mol. The molecule has 2 rings (SSSR count). The van der Waals surface area contributed by atoms with Crippen molar-refractivity contribution in [2.24, 2.45) is 0 Å². The highest BCUT2D eigenvalue weighted by atomic mass is 19.1. The zero-order valence-corrected chi connectivity index (χ0v) is 10.1. The number of hydrogen-bond acceptors (Lipinski definition) is 2. The second-order valence-electron chi connectivity index (χ2n) is 4.12. The Hall–Kier alpha value is -1.88. The summed E-state index contributed by atoms with van der Waals surface area (Å²) in [5.41, 5.74) is 1.18.